The molecule has 6 nitrogen and oxygen atoms in total. The summed E-state index contributed by atoms with van der Waals surface area (Å²) in [5, 5.41) is 2.18. The second-order valence-electron chi connectivity index (χ2n) is 7.09. The van der Waals surface area contributed by atoms with Crippen molar-refractivity contribution in [2.24, 2.45) is 0 Å². The van der Waals surface area contributed by atoms with Crippen molar-refractivity contribution in [1.82, 2.24) is 10.2 Å². The summed E-state index contributed by atoms with van der Waals surface area (Å²) in [7, 11) is 0. The number of carbonyl (C=O) groups is 3. The van der Waals surface area contributed by atoms with Crippen molar-refractivity contribution < 1.29 is 32.3 Å². The summed E-state index contributed by atoms with van der Waals surface area (Å²) in [6.45, 7) is 6.12. The van der Waals surface area contributed by atoms with E-state index in [1.54, 1.807) is 11.8 Å². The zero-order valence-electron chi connectivity index (χ0n) is 16.2. The predicted molar refractivity (Wildman–Crippen MR) is 104 cm³/mol. The van der Waals surface area contributed by atoms with Crippen molar-refractivity contribution in [2.75, 3.05) is 13.2 Å². The van der Waals surface area contributed by atoms with Gasteiger partial charge in [-0.05, 0) is 23.3 Å². The SMILES string of the molecule is C=C1CN2C(=O)C(NC(=O)Cc3ccc(C(F)(F)F)cc3)[C@H]2SC1COC(=O)CC. The van der Waals surface area contributed by atoms with Crippen LogP contribution in [0.15, 0.2) is 36.4 Å². The Bertz CT molecular complexity index is 857. The number of amides is 2. The van der Waals surface area contributed by atoms with E-state index in [-0.39, 0.29) is 41.9 Å². The highest BCUT2D eigenvalue weighted by atomic mass is 32.2. The van der Waals surface area contributed by atoms with E-state index in [9.17, 15) is 27.6 Å². The van der Waals surface area contributed by atoms with E-state index in [1.165, 1.54) is 23.9 Å². The highest BCUT2D eigenvalue weighted by Gasteiger charge is 2.52. The van der Waals surface area contributed by atoms with Gasteiger partial charge in [0.15, 0.2) is 0 Å². The fourth-order valence-electron chi connectivity index (χ4n) is 3.21. The lowest BCUT2D eigenvalue weighted by Gasteiger charge is -2.51. The van der Waals surface area contributed by atoms with Gasteiger partial charge in [0, 0.05) is 13.0 Å². The molecule has 2 amide bonds. The number of benzene rings is 1. The number of nitrogens with zero attached hydrogens (tertiary/aromatic N) is 1. The molecule has 1 N–H and O–H groups in total. The number of thioether (sulfide) groups is 1. The molecule has 2 aliphatic heterocycles. The third-order valence-corrected chi connectivity index (χ3v) is 6.52. The molecule has 2 fully saturated rings. The maximum absolute atomic E-state index is 12.6. The standard InChI is InChI=1S/C20H21F3N2O4S/c1-3-16(27)29-10-14-11(2)9-25-18(28)17(19(25)30-14)24-15(26)8-12-4-6-13(7-5-12)20(21,22)23/h4-7,14,17,19H,2-3,8-10H2,1H3,(H,24,26)/t14?,17?,19-/m1/s1. The predicted octanol–water partition coefficient (Wildman–Crippen LogP) is 2.53. The molecule has 0 radical (unpaired) electrons. The molecule has 1 aromatic carbocycles. The number of hydrogen-bond acceptors (Lipinski definition) is 5. The topological polar surface area (TPSA) is 75.7 Å². The first-order valence-electron chi connectivity index (χ1n) is 9.35. The van der Waals surface area contributed by atoms with Crippen LogP contribution in [0.1, 0.15) is 24.5 Å². The van der Waals surface area contributed by atoms with E-state index in [0.29, 0.717) is 12.1 Å². The van der Waals surface area contributed by atoms with E-state index in [1.807, 2.05) is 0 Å². The van der Waals surface area contributed by atoms with Gasteiger partial charge in [-0.25, -0.2) is 0 Å². The molecule has 30 heavy (non-hydrogen) atoms. The molecule has 2 aliphatic rings. The largest absolute Gasteiger partial charge is 0.464 e. The second kappa shape index (κ2) is 8.71. The molecule has 0 saturated carbocycles. The van der Waals surface area contributed by atoms with E-state index in [2.05, 4.69) is 11.9 Å². The van der Waals surface area contributed by atoms with Crippen LogP contribution in [0.3, 0.4) is 0 Å². The molecule has 162 valence electrons. The lowest BCUT2D eigenvalue weighted by Crippen LogP contribution is -2.71. The molecule has 3 rings (SSSR count). The Labute approximate surface area is 175 Å². The van der Waals surface area contributed by atoms with Crippen molar-refractivity contribution in [3.05, 3.63) is 47.5 Å². The second-order valence-corrected chi connectivity index (χ2v) is 8.42. The van der Waals surface area contributed by atoms with Gasteiger partial charge in [-0.1, -0.05) is 25.6 Å². The van der Waals surface area contributed by atoms with E-state index in [4.69, 9.17) is 4.74 Å². The Hall–Kier alpha value is -2.49. The number of halogens is 3. The van der Waals surface area contributed by atoms with Gasteiger partial charge in [0.05, 0.1) is 17.2 Å². The van der Waals surface area contributed by atoms with Crippen LogP contribution in [0, 0.1) is 0 Å². The number of nitrogens with one attached hydrogen (secondary N) is 1. The number of rotatable bonds is 6. The first-order valence-corrected chi connectivity index (χ1v) is 10.3. The Morgan fingerprint density at radius 3 is 2.57 bits per heavy atom. The highest BCUT2D eigenvalue weighted by molar-refractivity contribution is 8.01. The lowest BCUT2D eigenvalue weighted by atomic mass is 10.0. The smallest absolute Gasteiger partial charge is 0.416 e. The average Bonchev–Trinajstić information content (AvgIpc) is 2.70. The van der Waals surface area contributed by atoms with Crippen LogP contribution in [-0.4, -0.2) is 52.5 Å². The zero-order chi connectivity index (χ0) is 22.1. The highest BCUT2D eigenvalue weighted by Crippen LogP contribution is 2.40. The maximum Gasteiger partial charge on any atom is 0.416 e. The molecule has 0 aromatic heterocycles. The quantitative estimate of drug-likeness (QED) is 0.416. The third kappa shape index (κ3) is 4.80. The van der Waals surface area contributed by atoms with Crippen molar-refractivity contribution >= 4 is 29.5 Å². The molecular formula is C20H21F3N2O4S. The average molecular weight is 442 g/mol. The fraction of sp³-hybridized carbons (Fsp3) is 0.450. The summed E-state index contributed by atoms with van der Waals surface area (Å²) >= 11 is 1.40. The minimum absolute atomic E-state index is 0.135. The Kier molecular flexibility index (Phi) is 6.44. The molecule has 0 bridgehead atoms. The van der Waals surface area contributed by atoms with Crippen LogP contribution in [0.25, 0.3) is 0 Å². The van der Waals surface area contributed by atoms with Gasteiger partial charge in [-0.3, -0.25) is 14.4 Å². The van der Waals surface area contributed by atoms with Gasteiger partial charge in [-0.15, -0.1) is 11.8 Å². The fourth-order valence-corrected chi connectivity index (χ4v) is 4.63. The van der Waals surface area contributed by atoms with Gasteiger partial charge in [0.2, 0.25) is 11.8 Å². The van der Waals surface area contributed by atoms with E-state index < -0.39 is 23.7 Å². The maximum atomic E-state index is 12.6. The van der Waals surface area contributed by atoms with Gasteiger partial charge in [-0.2, -0.15) is 13.2 Å². The minimum atomic E-state index is -4.44. The number of β-lactam (4-membered cyclic amide) rings is 1. The number of hydrogen-bond donors (Lipinski definition) is 1. The summed E-state index contributed by atoms with van der Waals surface area (Å²) in [6, 6.07) is 3.60. The van der Waals surface area contributed by atoms with Gasteiger partial charge < -0.3 is 15.0 Å². The summed E-state index contributed by atoms with van der Waals surface area (Å²) in [6.07, 6.45) is -4.31. The molecule has 0 spiro atoms. The lowest BCUT2D eigenvalue weighted by molar-refractivity contribution is -0.148. The van der Waals surface area contributed by atoms with E-state index >= 15 is 0 Å². The number of esters is 1. The summed E-state index contributed by atoms with van der Waals surface area (Å²) in [4.78, 5) is 37.6. The molecule has 2 saturated heterocycles. The molecule has 2 unspecified atom stereocenters. The Morgan fingerprint density at radius 1 is 1.30 bits per heavy atom. The van der Waals surface area contributed by atoms with Gasteiger partial charge in [0.1, 0.15) is 18.0 Å². The van der Waals surface area contributed by atoms with Crippen LogP contribution in [-0.2, 0) is 31.7 Å². The minimum Gasteiger partial charge on any atom is -0.464 e. The van der Waals surface area contributed by atoms with Crippen molar-refractivity contribution in [3.8, 4) is 0 Å². The molecule has 0 aliphatic carbocycles. The molecular weight excluding hydrogens is 421 g/mol. The number of ether oxygens (including phenoxy) is 1. The molecule has 1 aromatic rings. The normalized spacial score (nSPS) is 23.5. The third-order valence-electron chi connectivity index (χ3n) is 4.92. The van der Waals surface area contributed by atoms with Crippen molar-refractivity contribution in [3.63, 3.8) is 0 Å². The summed E-state index contributed by atoms with van der Waals surface area (Å²) in [5.74, 6) is -1.01. The van der Waals surface area contributed by atoms with Gasteiger partial charge in [0.25, 0.3) is 0 Å². The van der Waals surface area contributed by atoms with Crippen LogP contribution in [0.5, 0.6) is 0 Å². The van der Waals surface area contributed by atoms with Crippen LogP contribution in [0.4, 0.5) is 13.2 Å². The number of alkyl halides is 3. The Morgan fingerprint density at radius 2 is 1.97 bits per heavy atom. The first kappa shape index (κ1) is 22.2. The Balaban J connectivity index is 1.56. The van der Waals surface area contributed by atoms with Gasteiger partial charge >= 0.3 is 12.1 Å². The summed E-state index contributed by atoms with van der Waals surface area (Å²) in [5.41, 5.74) is 0.395. The number of fused-ring (bicyclic) bond motifs is 1. The zero-order valence-corrected chi connectivity index (χ0v) is 17.0. The van der Waals surface area contributed by atoms with E-state index in [0.717, 1.165) is 17.7 Å². The summed E-state index contributed by atoms with van der Waals surface area (Å²) < 4.78 is 43.1. The monoisotopic (exact) mass is 442 g/mol. The van der Waals surface area contributed by atoms with Crippen LogP contribution in [0.2, 0.25) is 0 Å². The van der Waals surface area contributed by atoms with Crippen molar-refractivity contribution in [2.45, 2.75) is 42.6 Å². The van der Waals surface area contributed by atoms with Crippen LogP contribution < -0.4 is 5.32 Å². The van der Waals surface area contributed by atoms with Crippen molar-refractivity contribution in [1.29, 1.82) is 0 Å². The molecule has 3 atom stereocenters. The molecule has 10 heteroatoms. The first-order chi connectivity index (χ1) is 14.1. The number of carbonyl (C=O) groups excluding carboxylic acids is 3. The molecule has 2 heterocycles. The van der Waals surface area contributed by atoms with Crippen LogP contribution >= 0.6 is 11.8 Å².